The first-order valence-electron chi connectivity index (χ1n) is 15.2. The average Bonchev–Trinajstić information content (AvgIpc) is 2.98. The number of allylic oxidation sites excluding steroid dienone is 8. The third-order valence-electron chi connectivity index (χ3n) is 6.76. The number of hydrogen-bond acceptors (Lipinski definition) is 6. The van der Waals surface area contributed by atoms with E-state index in [9.17, 15) is 20.2 Å². The molecule has 0 N–H and O–H groups in total. The van der Waals surface area contributed by atoms with Crippen molar-refractivity contribution in [2.45, 2.75) is 85.0 Å². The summed E-state index contributed by atoms with van der Waals surface area (Å²) in [6.07, 6.45) is 25.3. The zero-order chi connectivity index (χ0) is 31.0. The van der Waals surface area contributed by atoms with Crippen LogP contribution in [0.15, 0.2) is 77.4 Å². The lowest BCUT2D eigenvalue weighted by molar-refractivity contribution is -0.476. The Hall–Kier alpha value is -3.92. The van der Waals surface area contributed by atoms with Crippen molar-refractivity contribution in [1.29, 1.82) is 5.26 Å². The quantitative estimate of drug-likeness (QED) is 0.0276. The molecule has 0 unspecified atom stereocenters. The molecule has 0 radical (unpaired) electrons. The van der Waals surface area contributed by atoms with E-state index in [1.54, 1.807) is 6.08 Å². The molecule has 0 atom stereocenters. The summed E-state index contributed by atoms with van der Waals surface area (Å²) in [4.78, 5) is 24.4. The number of esters is 1. The van der Waals surface area contributed by atoms with Gasteiger partial charge in [0.2, 0.25) is 6.54 Å². The van der Waals surface area contributed by atoms with Gasteiger partial charge in [-0.25, -0.2) is 4.79 Å². The zero-order valence-electron chi connectivity index (χ0n) is 26.0. The van der Waals surface area contributed by atoms with Crippen molar-refractivity contribution >= 4 is 17.7 Å². The molecular weight excluding hydrogens is 526 g/mol. The third kappa shape index (κ3) is 17.7. The van der Waals surface area contributed by atoms with Crippen molar-refractivity contribution in [1.82, 2.24) is 0 Å². The van der Waals surface area contributed by atoms with E-state index in [4.69, 9.17) is 4.74 Å². The molecule has 42 heavy (non-hydrogen) atoms. The molecule has 7 heteroatoms. The van der Waals surface area contributed by atoms with Gasteiger partial charge in [-0.15, -0.1) is 0 Å². The molecule has 0 fully saturated rings. The first kappa shape index (κ1) is 36.1. The molecule has 1 rings (SSSR count). The number of ether oxygens (including phenoxy) is 1. The van der Waals surface area contributed by atoms with Gasteiger partial charge in [-0.3, -0.25) is 10.1 Å². The predicted molar refractivity (Wildman–Crippen MR) is 174 cm³/mol. The fourth-order valence-corrected chi connectivity index (χ4v) is 4.14. The minimum absolute atomic E-state index is 0.00822. The van der Waals surface area contributed by atoms with Gasteiger partial charge in [0.05, 0.1) is 13.2 Å². The van der Waals surface area contributed by atoms with Crippen LogP contribution in [0.3, 0.4) is 0 Å². The van der Waals surface area contributed by atoms with Crippen LogP contribution in [0.4, 0.5) is 5.69 Å². The van der Waals surface area contributed by atoms with E-state index in [0.717, 1.165) is 41.7 Å². The van der Waals surface area contributed by atoms with Gasteiger partial charge in [0.25, 0.3) is 0 Å². The molecular formula is C35H49N3O4. The van der Waals surface area contributed by atoms with Crippen molar-refractivity contribution < 1.29 is 14.5 Å². The largest absolute Gasteiger partial charge is 0.462 e. The number of rotatable bonds is 21. The highest BCUT2D eigenvalue weighted by Gasteiger charge is 2.10. The number of nitro groups is 1. The third-order valence-corrected chi connectivity index (χ3v) is 6.76. The van der Waals surface area contributed by atoms with Crippen LogP contribution < -0.4 is 4.90 Å². The maximum Gasteiger partial charge on any atom is 0.348 e. The van der Waals surface area contributed by atoms with Gasteiger partial charge in [-0.1, -0.05) is 119 Å². The van der Waals surface area contributed by atoms with E-state index in [-0.39, 0.29) is 17.0 Å². The van der Waals surface area contributed by atoms with E-state index >= 15 is 0 Å². The highest BCUT2D eigenvalue weighted by atomic mass is 16.6. The summed E-state index contributed by atoms with van der Waals surface area (Å²) in [5, 5.41) is 20.0. The smallest absolute Gasteiger partial charge is 0.348 e. The fraction of sp³-hybridized carbons (Fsp3) is 0.486. The highest BCUT2D eigenvalue weighted by Crippen LogP contribution is 2.15. The van der Waals surface area contributed by atoms with Crippen LogP contribution in [-0.2, 0) is 9.53 Å². The van der Waals surface area contributed by atoms with Crippen LogP contribution in [-0.4, -0.2) is 37.6 Å². The summed E-state index contributed by atoms with van der Waals surface area (Å²) in [5.74, 6) is -0.567. The molecule has 0 aromatic heterocycles. The number of carbonyl (C=O) groups is 1. The molecule has 0 saturated heterocycles. The Balaban J connectivity index is 2.44. The molecule has 0 spiro atoms. The van der Waals surface area contributed by atoms with Crippen LogP contribution in [0.5, 0.6) is 0 Å². The van der Waals surface area contributed by atoms with Crippen molar-refractivity contribution in [3.8, 4) is 6.07 Å². The molecule has 0 aliphatic carbocycles. The second-order valence-electron chi connectivity index (χ2n) is 10.6. The molecule has 0 saturated carbocycles. The molecule has 1 aromatic carbocycles. The van der Waals surface area contributed by atoms with Crippen molar-refractivity contribution in [2.24, 2.45) is 0 Å². The average molecular weight is 576 g/mol. The van der Waals surface area contributed by atoms with Gasteiger partial charge in [0.1, 0.15) is 11.6 Å². The van der Waals surface area contributed by atoms with Gasteiger partial charge < -0.3 is 9.64 Å². The lowest BCUT2D eigenvalue weighted by Crippen LogP contribution is -2.24. The zero-order valence-corrected chi connectivity index (χ0v) is 26.0. The number of carbonyl (C=O) groups excluding carboxylic acids is 1. The Morgan fingerprint density at radius 2 is 1.52 bits per heavy atom. The Morgan fingerprint density at radius 1 is 0.952 bits per heavy atom. The molecule has 0 amide bonds. The number of hydrogen-bond donors (Lipinski definition) is 0. The topological polar surface area (TPSA) is 96.5 Å². The SMILES string of the molecule is CCCCCCCCCCCCOC(=O)C(C#N)=CC(C)=CC=CC=C(C)C=Cc1ccc(N(C)CC[N+](=O)[O-])cc1. The number of unbranched alkanes of at least 4 members (excludes halogenated alkanes) is 9. The first-order chi connectivity index (χ1) is 20.3. The normalized spacial score (nSPS) is 12.6. The lowest BCUT2D eigenvalue weighted by atomic mass is 10.1. The van der Waals surface area contributed by atoms with Crippen LogP contribution in [0.25, 0.3) is 6.08 Å². The maximum atomic E-state index is 12.3. The van der Waals surface area contributed by atoms with Gasteiger partial charge in [-0.05, 0) is 49.6 Å². The van der Waals surface area contributed by atoms with Gasteiger partial charge in [0, 0.05) is 17.7 Å². The lowest BCUT2D eigenvalue weighted by Gasteiger charge is -2.16. The summed E-state index contributed by atoms with van der Waals surface area (Å²) in [5.41, 5.74) is 3.80. The summed E-state index contributed by atoms with van der Waals surface area (Å²) in [7, 11) is 1.84. The number of nitriles is 1. The van der Waals surface area contributed by atoms with Crippen LogP contribution in [0.1, 0.15) is 90.5 Å². The Morgan fingerprint density at radius 3 is 2.10 bits per heavy atom. The Kier molecular flexibility index (Phi) is 19.5. The van der Waals surface area contributed by atoms with Crippen LogP contribution in [0, 0.1) is 21.4 Å². The van der Waals surface area contributed by atoms with Crippen molar-refractivity contribution in [2.75, 3.05) is 31.6 Å². The second-order valence-corrected chi connectivity index (χ2v) is 10.6. The predicted octanol–water partition coefficient (Wildman–Crippen LogP) is 8.78. The van der Waals surface area contributed by atoms with E-state index in [1.165, 1.54) is 44.9 Å². The van der Waals surface area contributed by atoms with E-state index in [2.05, 4.69) is 6.92 Å². The number of nitrogens with zero attached hydrogens (tertiary/aromatic N) is 3. The molecule has 228 valence electrons. The van der Waals surface area contributed by atoms with Crippen molar-refractivity contribution in [3.63, 3.8) is 0 Å². The summed E-state index contributed by atoms with van der Waals surface area (Å²) in [6, 6.07) is 9.80. The summed E-state index contributed by atoms with van der Waals surface area (Å²) >= 11 is 0. The van der Waals surface area contributed by atoms with E-state index < -0.39 is 5.97 Å². The Bertz CT molecular complexity index is 1140. The molecule has 1 aromatic rings. The maximum absolute atomic E-state index is 12.3. The number of likely N-dealkylation sites (N-methyl/N-ethyl adjacent to an activating group) is 1. The molecule has 0 bridgehead atoms. The fourth-order valence-electron chi connectivity index (χ4n) is 4.14. The monoisotopic (exact) mass is 575 g/mol. The molecule has 0 aliphatic heterocycles. The number of anilines is 1. The Labute approximate surface area is 253 Å². The highest BCUT2D eigenvalue weighted by molar-refractivity contribution is 5.93. The van der Waals surface area contributed by atoms with Crippen LogP contribution >= 0.6 is 0 Å². The second kappa shape index (κ2) is 22.7. The number of benzene rings is 1. The summed E-state index contributed by atoms with van der Waals surface area (Å²) < 4.78 is 5.31. The van der Waals surface area contributed by atoms with Gasteiger partial charge in [-0.2, -0.15) is 5.26 Å². The van der Waals surface area contributed by atoms with E-state index in [1.807, 2.05) is 92.6 Å². The molecule has 0 heterocycles. The van der Waals surface area contributed by atoms with E-state index in [0.29, 0.717) is 13.2 Å². The van der Waals surface area contributed by atoms with Crippen molar-refractivity contribution in [3.05, 3.63) is 93.1 Å². The molecule has 7 nitrogen and oxygen atoms in total. The minimum Gasteiger partial charge on any atom is -0.462 e. The van der Waals surface area contributed by atoms with Crippen LogP contribution in [0.2, 0.25) is 0 Å². The summed E-state index contributed by atoms with van der Waals surface area (Å²) in [6.45, 7) is 6.69. The van der Waals surface area contributed by atoms with Gasteiger partial charge in [0.15, 0.2) is 0 Å². The first-order valence-corrected chi connectivity index (χ1v) is 15.2. The van der Waals surface area contributed by atoms with Gasteiger partial charge >= 0.3 is 5.97 Å². The standard InChI is InChI=1S/C35H49N3O4/c1-5-6-7-8-9-10-11-12-13-16-27-42-35(39)33(29-36)28-31(3)18-15-14-17-30(2)19-20-32-21-23-34(24-22-32)37(4)25-26-38(40)41/h14-15,17-24,28H,5-13,16,25-27H2,1-4H3. The minimum atomic E-state index is -0.567. The molecule has 0 aliphatic rings.